The van der Waals surface area contributed by atoms with Gasteiger partial charge in [0.1, 0.15) is 0 Å². The second-order valence-corrected chi connectivity index (χ2v) is 4.13. The number of nitrogens with zero attached hydrogens (tertiary/aromatic N) is 3. The summed E-state index contributed by atoms with van der Waals surface area (Å²) in [7, 11) is 1.88. The van der Waals surface area contributed by atoms with E-state index in [2.05, 4.69) is 23.9 Å². The first-order valence-electron chi connectivity index (χ1n) is 5.23. The lowest BCUT2D eigenvalue weighted by molar-refractivity contribution is 0.584. The first kappa shape index (κ1) is 10.8. The molecule has 0 saturated carbocycles. The summed E-state index contributed by atoms with van der Waals surface area (Å²) in [5.41, 5.74) is 2.93. The molecular formula is C12H14FN3. The number of halogens is 1. The van der Waals surface area contributed by atoms with E-state index >= 15 is 0 Å². The van der Waals surface area contributed by atoms with E-state index in [9.17, 15) is 4.39 Å². The summed E-state index contributed by atoms with van der Waals surface area (Å²) in [6.45, 7) is 4.17. The maximum atomic E-state index is 12.7. The van der Waals surface area contributed by atoms with E-state index in [1.54, 1.807) is 10.7 Å². The molecule has 0 aliphatic heterocycles. The molecule has 3 nitrogen and oxygen atoms in total. The molecule has 0 aliphatic rings. The molecule has 0 aromatic carbocycles. The summed E-state index contributed by atoms with van der Waals surface area (Å²) in [6, 6.07) is 3.09. The Kier molecular flexibility index (Phi) is 2.73. The lowest BCUT2D eigenvalue weighted by atomic mass is 10.0. The molecule has 2 heterocycles. The predicted molar refractivity (Wildman–Crippen MR) is 60.5 cm³/mol. The fourth-order valence-corrected chi connectivity index (χ4v) is 1.69. The average molecular weight is 219 g/mol. The fourth-order valence-electron chi connectivity index (χ4n) is 1.69. The van der Waals surface area contributed by atoms with Crippen molar-refractivity contribution in [3.63, 3.8) is 0 Å². The Morgan fingerprint density at radius 3 is 2.62 bits per heavy atom. The quantitative estimate of drug-likeness (QED) is 0.727. The van der Waals surface area contributed by atoms with E-state index in [4.69, 9.17) is 0 Å². The smallest absolute Gasteiger partial charge is 0.212 e. The Morgan fingerprint density at radius 2 is 2.06 bits per heavy atom. The van der Waals surface area contributed by atoms with Gasteiger partial charge in [-0.3, -0.25) is 4.68 Å². The third-order valence-corrected chi connectivity index (χ3v) is 2.44. The van der Waals surface area contributed by atoms with Crippen molar-refractivity contribution in [2.75, 3.05) is 0 Å². The molecule has 0 N–H and O–H groups in total. The first-order chi connectivity index (χ1) is 7.58. The molecule has 4 heteroatoms. The van der Waals surface area contributed by atoms with Crippen LogP contribution >= 0.6 is 0 Å². The number of rotatable bonds is 2. The minimum absolute atomic E-state index is 0.334. The van der Waals surface area contributed by atoms with E-state index < -0.39 is 5.95 Å². The van der Waals surface area contributed by atoms with Crippen molar-refractivity contribution in [1.82, 2.24) is 14.8 Å². The average Bonchev–Trinajstić information content (AvgIpc) is 2.61. The highest BCUT2D eigenvalue weighted by atomic mass is 19.1. The molecule has 2 aromatic heterocycles. The van der Waals surface area contributed by atoms with Crippen LogP contribution in [0.25, 0.3) is 11.1 Å². The van der Waals surface area contributed by atoms with E-state index in [0.29, 0.717) is 5.92 Å². The highest BCUT2D eigenvalue weighted by Crippen LogP contribution is 2.27. The van der Waals surface area contributed by atoms with Crippen molar-refractivity contribution in [2.24, 2.45) is 7.05 Å². The topological polar surface area (TPSA) is 30.7 Å². The van der Waals surface area contributed by atoms with Gasteiger partial charge in [-0.1, -0.05) is 13.8 Å². The highest BCUT2D eigenvalue weighted by Gasteiger charge is 2.13. The summed E-state index contributed by atoms with van der Waals surface area (Å²) >= 11 is 0. The van der Waals surface area contributed by atoms with E-state index in [1.165, 1.54) is 12.3 Å². The zero-order chi connectivity index (χ0) is 11.7. The summed E-state index contributed by atoms with van der Waals surface area (Å²) in [5.74, 6) is -0.125. The second kappa shape index (κ2) is 4.04. The molecule has 2 aromatic rings. The summed E-state index contributed by atoms with van der Waals surface area (Å²) in [6.07, 6.45) is 3.47. The van der Waals surface area contributed by atoms with Crippen molar-refractivity contribution >= 4 is 0 Å². The van der Waals surface area contributed by atoms with Crippen LogP contribution in [0, 0.1) is 5.95 Å². The van der Waals surface area contributed by atoms with Gasteiger partial charge in [0.15, 0.2) is 0 Å². The van der Waals surface area contributed by atoms with Gasteiger partial charge in [0.2, 0.25) is 5.95 Å². The SMILES string of the molecule is CC(C)c1nn(C)cc1-c1ccc(F)nc1. The van der Waals surface area contributed by atoms with Gasteiger partial charge in [0.05, 0.1) is 5.69 Å². The molecule has 0 amide bonds. The number of aromatic nitrogens is 3. The van der Waals surface area contributed by atoms with E-state index in [-0.39, 0.29) is 0 Å². The molecule has 0 radical (unpaired) electrons. The van der Waals surface area contributed by atoms with Gasteiger partial charge >= 0.3 is 0 Å². The van der Waals surface area contributed by atoms with Gasteiger partial charge in [0, 0.05) is 30.6 Å². The van der Waals surface area contributed by atoms with Crippen LogP contribution in [0.2, 0.25) is 0 Å². The van der Waals surface area contributed by atoms with Crippen molar-refractivity contribution in [3.8, 4) is 11.1 Å². The molecule has 84 valence electrons. The third kappa shape index (κ3) is 1.96. The molecule has 0 fully saturated rings. The normalized spacial score (nSPS) is 11.1. The molecule has 0 atom stereocenters. The zero-order valence-electron chi connectivity index (χ0n) is 9.61. The monoisotopic (exact) mass is 219 g/mol. The Morgan fingerprint density at radius 1 is 1.31 bits per heavy atom. The standard InChI is InChI=1S/C12H14FN3/c1-8(2)12-10(7-16(3)15-12)9-4-5-11(13)14-6-9/h4-8H,1-3H3. The van der Waals surface area contributed by atoms with E-state index in [1.807, 2.05) is 13.2 Å². The summed E-state index contributed by atoms with van der Waals surface area (Å²) in [4.78, 5) is 3.66. The van der Waals surface area contributed by atoms with Crippen molar-refractivity contribution < 1.29 is 4.39 Å². The fraction of sp³-hybridized carbons (Fsp3) is 0.333. The lowest BCUT2D eigenvalue weighted by Crippen LogP contribution is -1.94. The Bertz CT molecular complexity index is 485. The largest absolute Gasteiger partial charge is 0.275 e. The van der Waals surface area contributed by atoms with Crippen LogP contribution in [0.4, 0.5) is 4.39 Å². The molecule has 0 aliphatic carbocycles. The van der Waals surface area contributed by atoms with Crippen LogP contribution in [0.15, 0.2) is 24.5 Å². The third-order valence-electron chi connectivity index (χ3n) is 2.44. The minimum Gasteiger partial charge on any atom is -0.275 e. The van der Waals surface area contributed by atoms with Crippen LogP contribution in [0.5, 0.6) is 0 Å². The molecular weight excluding hydrogens is 205 g/mol. The van der Waals surface area contributed by atoms with Crippen LogP contribution in [-0.2, 0) is 7.05 Å². The minimum atomic E-state index is -0.460. The van der Waals surface area contributed by atoms with Gasteiger partial charge in [0.25, 0.3) is 0 Å². The molecule has 0 unspecified atom stereocenters. The van der Waals surface area contributed by atoms with Crippen LogP contribution in [0.1, 0.15) is 25.5 Å². The van der Waals surface area contributed by atoms with Crippen molar-refractivity contribution in [1.29, 1.82) is 0 Å². The van der Waals surface area contributed by atoms with Gasteiger partial charge in [-0.2, -0.15) is 9.49 Å². The Balaban J connectivity index is 2.50. The highest BCUT2D eigenvalue weighted by molar-refractivity contribution is 5.64. The Hall–Kier alpha value is -1.71. The van der Waals surface area contributed by atoms with Crippen molar-refractivity contribution in [3.05, 3.63) is 36.2 Å². The van der Waals surface area contributed by atoms with Crippen molar-refractivity contribution in [2.45, 2.75) is 19.8 Å². The summed E-state index contributed by atoms with van der Waals surface area (Å²) < 4.78 is 14.5. The maximum Gasteiger partial charge on any atom is 0.212 e. The van der Waals surface area contributed by atoms with Gasteiger partial charge in [-0.05, 0) is 18.1 Å². The molecule has 0 saturated heterocycles. The zero-order valence-corrected chi connectivity index (χ0v) is 9.61. The number of aryl methyl sites for hydroxylation is 1. The van der Waals surface area contributed by atoms with Crippen LogP contribution < -0.4 is 0 Å². The Labute approximate surface area is 93.9 Å². The predicted octanol–water partition coefficient (Wildman–Crippen LogP) is 2.74. The molecule has 0 spiro atoms. The molecule has 0 bridgehead atoms. The molecule has 16 heavy (non-hydrogen) atoms. The number of pyridine rings is 1. The molecule has 2 rings (SSSR count). The van der Waals surface area contributed by atoms with Crippen LogP contribution in [-0.4, -0.2) is 14.8 Å². The first-order valence-corrected chi connectivity index (χ1v) is 5.23. The summed E-state index contributed by atoms with van der Waals surface area (Å²) in [5, 5.41) is 4.40. The van der Waals surface area contributed by atoms with E-state index in [0.717, 1.165) is 16.8 Å². The lowest BCUT2D eigenvalue weighted by Gasteiger charge is -2.04. The van der Waals surface area contributed by atoms with Gasteiger partial charge in [-0.25, -0.2) is 4.98 Å². The second-order valence-electron chi connectivity index (χ2n) is 4.13. The van der Waals surface area contributed by atoms with Crippen LogP contribution in [0.3, 0.4) is 0 Å². The number of hydrogen-bond donors (Lipinski definition) is 0. The number of hydrogen-bond acceptors (Lipinski definition) is 2. The van der Waals surface area contributed by atoms with Gasteiger partial charge < -0.3 is 0 Å². The van der Waals surface area contributed by atoms with Gasteiger partial charge in [-0.15, -0.1) is 0 Å². The maximum absolute atomic E-state index is 12.7.